The molecule has 41 heavy (non-hydrogen) atoms. The predicted octanol–water partition coefficient (Wildman–Crippen LogP) is 3.91. The molecule has 0 radical (unpaired) electrons. The Morgan fingerprint density at radius 2 is 1.90 bits per heavy atom. The second-order valence-corrected chi connectivity index (χ2v) is 10.6. The molecule has 1 aliphatic rings. The van der Waals surface area contributed by atoms with Gasteiger partial charge in [0.15, 0.2) is 0 Å². The summed E-state index contributed by atoms with van der Waals surface area (Å²) in [6.45, 7) is 2.41. The van der Waals surface area contributed by atoms with Gasteiger partial charge in [0.1, 0.15) is 5.82 Å². The number of likely N-dealkylation sites (N-methyl/N-ethyl adjacent to an activating group) is 1. The minimum atomic E-state index is -5.03. The molecule has 0 aliphatic carbocycles. The van der Waals surface area contributed by atoms with E-state index in [1.165, 1.54) is 12.1 Å². The summed E-state index contributed by atoms with van der Waals surface area (Å²) in [6.07, 6.45) is -4.38. The molecule has 0 bridgehead atoms. The van der Waals surface area contributed by atoms with Crippen molar-refractivity contribution < 1.29 is 37.4 Å². The fourth-order valence-electron chi connectivity index (χ4n) is 5.58. The number of carbonyl (C=O) groups is 2. The number of nitrogens with zero attached hydrogens (tertiary/aromatic N) is 1. The summed E-state index contributed by atoms with van der Waals surface area (Å²) >= 11 is 0. The number of alkyl halides is 3. The minimum absolute atomic E-state index is 0.0192. The molecule has 0 saturated carbocycles. The van der Waals surface area contributed by atoms with E-state index in [1.807, 2.05) is 24.4 Å². The van der Waals surface area contributed by atoms with Crippen molar-refractivity contribution in [3.8, 4) is 11.1 Å². The standard InChI is InChI=1S/C30H39F4N3O4/c1-3-20-8-4-9-21(16-20)27-24(11-5-12-25(27)31)29(41,13-7-14-36-28(40)30(32,33)34)22-10-6-15-37(19-22)26(39)17-23(38)18-35-2/h4-5,8-9,11-12,16,22-23,35,38,41H,3,6-7,10,13-15,17-19H2,1-2H3,(H,36,40)/t22-,23?,29+/m1/s1. The van der Waals surface area contributed by atoms with Crippen LogP contribution in [0.15, 0.2) is 42.5 Å². The number of halogens is 4. The van der Waals surface area contributed by atoms with Gasteiger partial charge < -0.3 is 25.7 Å². The molecule has 4 N–H and O–H groups in total. The van der Waals surface area contributed by atoms with Gasteiger partial charge in [-0.2, -0.15) is 13.2 Å². The smallest absolute Gasteiger partial charge is 0.391 e. The number of benzene rings is 2. The van der Waals surface area contributed by atoms with E-state index in [2.05, 4.69) is 5.32 Å². The number of aliphatic hydroxyl groups is 2. The number of carbonyl (C=O) groups excluding carboxylic acids is 2. The Morgan fingerprint density at radius 3 is 2.59 bits per heavy atom. The summed E-state index contributed by atoms with van der Waals surface area (Å²) in [7, 11) is 1.66. The Bertz CT molecular complexity index is 1190. The molecule has 3 atom stereocenters. The third-order valence-corrected chi connectivity index (χ3v) is 7.68. The van der Waals surface area contributed by atoms with E-state index in [1.54, 1.807) is 30.1 Å². The lowest BCUT2D eigenvalue weighted by Crippen LogP contribution is -2.49. The molecule has 1 unspecified atom stereocenters. The van der Waals surface area contributed by atoms with Crippen molar-refractivity contribution in [2.75, 3.05) is 33.2 Å². The maximum absolute atomic E-state index is 15.5. The summed E-state index contributed by atoms with van der Waals surface area (Å²) < 4.78 is 53.6. The second-order valence-electron chi connectivity index (χ2n) is 10.6. The van der Waals surface area contributed by atoms with Crippen LogP contribution in [0.2, 0.25) is 0 Å². The number of likely N-dealkylation sites (tertiary alicyclic amines) is 1. The van der Waals surface area contributed by atoms with Crippen molar-refractivity contribution in [2.45, 2.75) is 63.3 Å². The molecule has 11 heteroatoms. The molecule has 1 heterocycles. The Balaban J connectivity index is 1.98. The fourth-order valence-corrected chi connectivity index (χ4v) is 5.58. The highest BCUT2D eigenvalue weighted by Crippen LogP contribution is 2.44. The van der Waals surface area contributed by atoms with Crippen LogP contribution < -0.4 is 10.6 Å². The third-order valence-electron chi connectivity index (χ3n) is 7.68. The zero-order valence-electron chi connectivity index (χ0n) is 23.4. The zero-order chi connectivity index (χ0) is 30.2. The quantitative estimate of drug-likeness (QED) is 0.225. The normalized spacial score (nSPS) is 18.0. The predicted molar refractivity (Wildman–Crippen MR) is 147 cm³/mol. The van der Waals surface area contributed by atoms with E-state index < -0.39 is 35.5 Å². The molecule has 2 aromatic carbocycles. The lowest BCUT2D eigenvalue weighted by Gasteiger charge is -2.44. The maximum atomic E-state index is 15.5. The van der Waals surface area contributed by atoms with E-state index in [0.717, 1.165) is 5.56 Å². The van der Waals surface area contributed by atoms with Crippen LogP contribution in [0.3, 0.4) is 0 Å². The number of nitrogens with one attached hydrogen (secondary N) is 2. The van der Waals surface area contributed by atoms with E-state index in [-0.39, 0.29) is 55.9 Å². The SMILES string of the molecule is CCc1cccc(-c2c(F)cccc2[C@](O)(CCCNC(=O)C(F)(F)F)[C@@H]2CCCN(C(=O)CC(O)CNC)C2)c1. The largest absolute Gasteiger partial charge is 0.471 e. The van der Waals surface area contributed by atoms with Gasteiger partial charge in [-0.15, -0.1) is 0 Å². The highest BCUT2D eigenvalue weighted by atomic mass is 19.4. The highest BCUT2D eigenvalue weighted by molar-refractivity contribution is 5.81. The van der Waals surface area contributed by atoms with Crippen LogP contribution in [-0.2, 0) is 21.6 Å². The first-order valence-electron chi connectivity index (χ1n) is 14.0. The Labute approximate surface area is 237 Å². The minimum Gasteiger partial charge on any atom is -0.391 e. The van der Waals surface area contributed by atoms with E-state index >= 15 is 4.39 Å². The van der Waals surface area contributed by atoms with Gasteiger partial charge in [-0.3, -0.25) is 9.59 Å². The van der Waals surface area contributed by atoms with Crippen LogP contribution in [0.4, 0.5) is 17.6 Å². The van der Waals surface area contributed by atoms with Crippen LogP contribution in [0.1, 0.15) is 50.2 Å². The first kappa shape index (κ1) is 32.5. The number of aryl methyl sites for hydroxylation is 1. The Morgan fingerprint density at radius 1 is 1.17 bits per heavy atom. The van der Waals surface area contributed by atoms with Crippen molar-refractivity contribution in [2.24, 2.45) is 5.92 Å². The van der Waals surface area contributed by atoms with Crippen LogP contribution in [0.25, 0.3) is 11.1 Å². The zero-order valence-corrected chi connectivity index (χ0v) is 23.4. The van der Waals surface area contributed by atoms with Gasteiger partial charge in [0.2, 0.25) is 5.91 Å². The van der Waals surface area contributed by atoms with Gasteiger partial charge >= 0.3 is 12.1 Å². The summed E-state index contributed by atoms with van der Waals surface area (Å²) in [4.78, 5) is 25.9. The van der Waals surface area contributed by atoms with Crippen molar-refractivity contribution in [1.82, 2.24) is 15.5 Å². The molecular weight excluding hydrogens is 542 g/mol. The molecule has 7 nitrogen and oxygen atoms in total. The van der Waals surface area contributed by atoms with E-state index in [9.17, 15) is 33.0 Å². The van der Waals surface area contributed by atoms with Gasteiger partial charge in [-0.25, -0.2) is 4.39 Å². The van der Waals surface area contributed by atoms with Crippen LogP contribution in [0, 0.1) is 11.7 Å². The summed E-state index contributed by atoms with van der Waals surface area (Å²) in [6, 6.07) is 11.7. The van der Waals surface area contributed by atoms with Crippen molar-refractivity contribution in [3.63, 3.8) is 0 Å². The molecule has 1 fully saturated rings. The molecular formula is C30H39F4N3O4. The van der Waals surface area contributed by atoms with Gasteiger partial charge in [0.05, 0.1) is 18.1 Å². The summed E-state index contributed by atoms with van der Waals surface area (Å²) in [5, 5.41) is 27.2. The summed E-state index contributed by atoms with van der Waals surface area (Å²) in [5.74, 6) is -3.49. The van der Waals surface area contributed by atoms with Crippen LogP contribution in [-0.4, -0.2) is 72.4 Å². The number of amides is 2. The lowest BCUT2D eigenvalue weighted by atomic mass is 9.72. The molecule has 3 rings (SSSR count). The first-order chi connectivity index (χ1) is 19.4. The lowest BCUT2D eigenvalue weighted by molar-refractivity contribution is -0.173. The third kappa shape index (κ3) is 8.27. The van der Waals surface area contributed by atoms with Crippen molar-refractivity contribution >= 4 is 11.8 Å². The monoisotopic (exact) mass is 581 g/mol. The number of hydrogen-bond donors (Lipinski definition) is 4. The summed E-state index contributed by atoms with van der Waals surface area (Å²) in [5.41, 5.74) is 0.260. The molecule has 2 aromatic rings. The highest BCUT2D eigenvalue weighted by Gasteiger charge is 2.43. The van der Waals surface area contributed by atoms with Crippen molar-refractivity contribution in [3.05, 3.63) is 59.4 Å². The van der Waals surface area contributed by atoms with Crippen LogP contribution in [0.5, 0.6) is 0 Å². The molecule has 1 saturated heterocycles. The van der Waals surface area contributed by atoms with Crippen LogP contribution >= 0.6 is 0 Å². The molecule has 226 valence electrons. The van der Waals surface area contributed by atoms with E-state index in [0.29, 0.717) is 31.4 Å². The average molecular weight is 582 g/mol. The van der Waals surface area contributed by atoms with E-state index in [4.69, 9.17) is 0 Å². The van der Waals surface area contributed by atoms with Crippen molar-refractivity contribution in [1.29, 1.82) is 0 Å². The molecule has 2 amide bonds. The molecule has 0 aromatic heterocycles. The number of aliphatic hydroxyl groups excluding tert-OH is 1. The number of rotatable bonds is 12. The fraction of sp³-hybridized carbons (Fsp3) is 0.533. The second kappa shape index (κ2) is 14.2. The van der Waals surface area contributed by atoms with Gasteiger partial charge in [0.25, 0.3) is 0 Å². The molecule has 0 spiro atoms. The van der Waals surface area contributed by atoms with Gasteiger partial charge in [0, 0.05) is 37.7 Å². The topological polar surface area (TPSA) is 102 Å². The van der Waals surface area contributed by atoms with Gasteiger partial charge in [-0.05, 0) is 61.9 Å². The Hall–Kier alpha value is -3.02. The van der Waals surface area contributed by atoms with Gasteiger partial charge in [-0.1, -0.05) is 43.3 Å². The average Bonchev–Trinajstić information content (AvgIpc) is 2.94. The first-order valence-corrected chi connectivity index (χ1v) is 14.0. The number of piperidine rings is 1. The number of hydrogen-bond acceptors (Lipinski definition) is 5. The maximum Gasteiger partial charge on any atom is 0.471 e. The Kier molecular flexibility index (Phi) is 11.3. The molecule has 1 aliphatic heterocycles.